The molecule has 0 fully saturated rings. The number of benzene rings is 1. The molecule has 0 atom stereocenters. The van der Waals surface area contributed by atoms with Gasteiger partial charge in [-0.05, 0) is 24.3 Å². The summed E-state index contributed by atoms with van der Waals surface area (Å²) in [5.74, 6) is -0.113. The van der Waals surface area contributed by atoms with Crippen molar-refractivity contribution in [3.05, 3.63) is 48.0 Å². The highest BCUT2D eigenvalue weighted by atomic mass is 19.1. The number of ketones is 1. The molecule has 0 aliphatic heterocycles. The van der Waals surface area contributed by atoms with Crippen LogP contribution >= 0.6 is 0 Å². The van der Waals surface area contributed by atoms with Crippen molar-refractivity contribution in [3.8, 4) is 11.4 Å². The van der Waals surface area contributed by atoms with Gasteiger partial charge >= 0.3 is 0 Å². The second kappa shape index (κ2) is 4.82. The van der Waals surface area contributed by atoms with Crippen molar-refractivity contribution >= 4 is 5.78 Å². The van der Waals surface area contributed by atoms with Crippen molar-refractivity contribution in [2.45, 2.75) is 13.3 Å². The van der Waals surface area contributed by atoms with Gasteiger partial charge in [-0.3, -0.25) is 4.79 Å². The molecule has 0 radical (unpaired) electrons. The predicted molar refractivity (Wildman–Crippen MR) is 62.0 cm³/mol. The van der Waals surface area contributed by atoms with E-state index in [0.29, 0.717) is 23.4 Å². The van der Waals surface area contributed by atoms with E-state index >= 15 is 0 Å². The monoisotopic (exact) mass is 230 g/mol. The predicted octanol–water partition coefficient (Wildman–Crippen LogP) is 2.88. The summed E-state index contributed by atoms with van der Waals surface area (Å²) in [6, 6.07) is 5.76. The van der Waals surface area contributed by atoms with Crippen molar-refractivity contribution in [1.82, 2.24) is 9.97 Å². The Labute approximate surface area is 98.3 Å². The third kappa shape index (κ3) is 2.36. The van der Waals surface area contributed by atoms with E-state index in [2.05, 4.69) is 9.97 Å². The maximum Gasteiger partial charge on any atom is 0.163 e. The molecule has 3 nitrogen and oxygen atoms in total. The van der Waals surface area contributed by atoms with E-state index in [0.717, 1.165) is 0 Å². The molecule has 0 aliphatic rings. The number of rotatable bonds is 3. The molecule has 0 saturated carbocycles. The summed E-state index contributed by atoms with van der Waals surface area (Å²) in [7, 11) is 0. The fourth-order valence-electron chi connectivity index (χ4n) is 1.57. The fraction of sp³-hybridized carbons (Fsp3) is 0.154. The van der Waals surface area contributed by atoms with E-state index in [9.17, 15) is 9.18 Å². The van der Waals surface area contributed by atoms with Crippen LogP contribution < -0.4 is 0 Å². The molecule has 0 bridgehead atoms. The molecule has 0 saturated heterocycles. The lowest BCUT2D eigenvalue weighted by molar-refractivity contribution is 0.0988. The van der Waals surface area contributed by atoms with Gasteiger partial charge in [0.1, 0.15) is 5.82 Å². The second-order valence-corrected chi connectivity index (χ2v) is 3.54. The van der Waals surface area contributed by atoms with E-state index in [1.807, 2.05) is 0 Å². The molecule has 4 heteroatoms. The van der Waals surface area contributed by atoms with Gasteiger partial charge in [0, 0.05) is 29.9 Å². The summed E-state index contributed by atoms with van der Waals surface area (Å²) < 4.78 is 13.2. The first kappa shape index (κ1) is 11.4. The Bertz CT molecular complexity index is 540. The summed E-state index contributed by atoms with van der Waals surface area (Å²) in [5, 5.41) is 0. The second-order valence-electron chi connectivity index (χ2n) is 3.54. The van der Waals surface area contributed by atoms with Crippen LogP contribution in [0.15, 0.2) is 36.7 Å². The number of nitrogens with zero attached hydrogens (tertiary/aromatic N) is 2. The zero-order valence-corrected chi connectivity index (χ0v) is 9.35. The largest absolute Gasteiger partial charge is 0.294 e. The van der Waals surface area contributed by atoms with Gasteiger partial charge in [-0.15, -0.1) is 0 Å². The Kier molecular flexibility index (Phi) is 3.23. The number of carbonyl (C=O) groups is 1. The highest BCUT2D eigenvalue weighted by Crippen LogP contribution is 2.22. The highest BCUT2D eigenvalue weighted by molar-refractivity contribution is 6.01. The topological polar surface area (TPSA) is 42.9 Å². The summed E-state index contributed by atoms with van der Waals surface area (Å²) in [5.41, 5.74) is 0.901. The van der Waals surface area contributed by atoms with Crippen LogP contribution in [0.1, 0.15) is 23.7 Å². The van der Waals surface area contributed by atoms with E-state index in [1.54, 1.807) is 25.4 Å². The van der Waals surface area contributed by atoms with E-state index in [4.69, 9.17) is 0 Å². The maximum absolute atomic E-state index is 13.2. The van der Waals surface area contributed by atoms with Crippen molar-refractivity contribution in [3.63, 3.8) is 0 Å². The minimum Gasteiger partial charge on any atom is -0.294 e. The Morgan fingerprint density at radius 3 is 2.65 bits per heavy atom. The van der Waals surface area contributed by atoms with Crippen LogP contribution in [-0.4, -0.2) is 15.8 Å². The molecular formula is C13H11FN2O. The van der Waals surface area contributed by atoms with Crippen molar-refractivity contribution < 1.29 is 9.18 Å². The lowest BCUT2D eigenvalue weighted by atomic mass is 10.0. The standard InChI is InChI=1S/C13H11FN2O/c1-2-12(17)11-8-9(14)4-5-10(11)13-15-6-3-7-16-13/h3-8H,2H2,1H3. The van der Waals surface area contributed by atoms with Crippen molar-refractivity contribution in [2.75, 3.05) is 0 Å². The first-order valence-corrected chi connectivity index (χ1v) is 5.32. The Balaban J connectivity index is 2.58. The third-order valence-corrected chi connectivity index (χ3v) is 2.41. The maximum atomic E-state index is 13.2. The number of halogens is 1. The van der Waals surface area contributed by atoms with Crippen LogP contribution in [0.3, 0.4) is 0 Å². The Morgan fingerprint density at radius 2 is 2.00 bits per heavy atom. The van der Waals surface area contributed by atoms with Crippen LogP contribution in [0, 0.1) is 5.82 Å². The number of Topliss-reactive ketones (excluding diaryl/α,β-unsaturated/α-hetero) is 1. The van der Waals surface area contributed by atoms with Gasteiger partial charge in [-0.25, -0.2) is 14.4 Å². The fourth-order valence-corrected chi connectivity index (χ4v) is 1.57. The third-order valence-electron chi connectivity index (χ3n) is 2.41. The van der Waals surface area contributed by atoms with Crippen molar-refractivity contribution in [1.29, 1.82) is 0 Å². The average Bonchev–Trinajstić information content (AvgIpc) is 2.38. The van der Waals surface area contributed by atoms with E-state index < -0.39 is 5.82 Å². The van der Waals surface area contributed by atoms with Gasteiger partial charge < -0.3 is 0 Å². The molecule has 2 aromatic rings. The average molecular weight is 230 g/mol. The summed E-state index contributed by atoms with van der Waals surface area (Å²) in [4.78, 5) is 19.9. The summed E-state index contributed by atoms with van der Waals surface area (Å²) in [6.07, 6.45) is 3.50. The molecule has 0 N–H and O–H groups in total. The Hall–Kier alpha value is -2.10. The van der Waals surface area contributed by atoms with Crippen LogP contribution in [0.5, 0.6) is 0 Å². The minimum atomic E-state index is -0.429. The zero-order chi connectivity index (χ0) is 12.3. The molecule has 1 aromatic heterocycles. The van der Waals surface area contributed by atoms with Crippen LogP contribution in [0.2, 0.25) is 0 Å². The number of hydrogen-bond acceptors (Lipinski definition) is 3. The van der Waals surface area contributed by atoms with Crippen LogP contribution in [-0.2, 0) is 0 Å². The molecule has 1 heterocycles. The normalized spacial score (nSPS) is 10.2. The number of aromatic nitrogens is 2. The van der Waals surface area contributed by atoms with Gasteiger partial charge in [0.25, 0.3) is 0 Å². The quantitative estimate of drug-likeness (QED) is 0.761. The lowest BCUT2D eigenvalue weighted by Crippen LogP contribution is -2.02. The lowest BCUT2D eigenvalue weighted by Gasteiger charge is -2.06. The first-order valence-electron chi connectivity index (χ1n) is 5.32. The molecule has 1 aromatic carbocycles. The van der Waals surface area contributed by atoms with Gasteiger partial charge in [-0.1, -0.05) is 6.92 Å². The molecule has 2 rings (SSSR count). The molecule has 0 unspecified atom stereocenters. The molecular weight excluding hydrogens is 219 g/mol. The molecule has 0 aliphatic carbocycles. The van der Waals surface area contributed by atoms with Gasteiger partial charge in [0.2, 0.25) is 0 Å². The molecule has 86 valence electrons. The van der Waals surface area contributed by atoms with Crippen molar-refractivity contribution in [2.24, 2.45) is 0 Å². The number of carbonyl (C=O) groups excluding carboxylic acids is 1. The van der Waals surface area contributed by atoms with E-state index in [-0.39, 0.29) is 5.78 Å². The summed E-state index contributed by atoms with van der Waals surface area (Å²) in [6.45, 7) is 1.74. The Morgan fingerprint density at radius 1 is 1.29 bits per heavy atom. The van der Waals surface area contributed by atoms with Crippen LogP contribution in [0.4, 0.5) is 4.39 Å². The molecule has 17 heavy (non-hydrogen) atoms. The molecule has 0 amide bonds. The zero-order valence-electron chi connectivity index (χ0n) is 9.35. The summed E-state index contributed by atoms with van der Waals surface area (Å²) >= 11 is 0. The SMILES string of the molecule is CCC(=O)c1cc(F)ccc1-c1ncccn1. The van der Waals surface area contributed by atoms with Crippen LogP contribution in [0.25, 0.3) is 11.4 Å². The highest BCUT2D eigenvalue weighted by Gasteiger charge is 2.13. The molecule has 0 spiro atoms. The van der Waals surface area contributed by atoms with Gasteiger partial charge in [0.15, 0.2) is 11.6 Å². The number of hydrogen-bond donors (Lipinski definition) is 0. The first-order chi connectivity index (χ1) is 8.22. The minimum absolute atomic E-state index is 0.119. The van der Waals surface area contributed by atoms with Gasteiger partial charge in [-0.2, -0.15) is 0 Å². The van der Waals surface area contributed by atoms with E-state index in [1.165, 1.54) is 18.2 Å². The smallest absolute Gasteiger partial charge is 0.163 e. The van der Waals surface area contributed by atoms with Gasteiger partial charge in [0.05, 0.1) is 0 Å².